The number of halogens is 1. The Balaban J connectivity index is 0.000000205. The van der Waals surface area contributed by atoms with Gasteiger partial charge in [-0.1, -0.05) is 228 Å². The van der Waals surface area contributed by atoms with Crippen LogP contribution < -0.4 is 0 Å². The second-order valence-corrected chi connectivity index (χ2v) is 13.1. The Morgan fingerprint density at radius 2 is 0.549 bits per heavy atom. The molecule has 0 spiro atoms. The summed E-state index contributed by atoms with van der Waals surface area (Å²) in [5, 5.41) is 0. The maximum atomic E-state index is 2.30. The van der Waals surface area contributed by atoms with Crippen LogP contribution in [0, 0.1) is 0 Å². The molecule has 250 valence electrons. The third kappa shape index (κ3) is 10.3. The van der Waals surface area contributed by atoms with Crippen molar-refractivity contribution in [3.8, 4) is 66.8 Å². The van der Waals surface area contributed by atoms with Crippen molar-refractivity contribution < 1.29 is 32.7 Å². The first-order valence-corrected chi connectivity index (χ1v) is 19.2. The molecule has 0 aliphatic carbocycles. The summed E-state index contributed by atoms with van der Waals surface area (Å²) < 4.78 is 0. The molecule has 8 aromatic rings. The van der Waals surface area contributed by atoms with Crippen LogP contribution in [0.3, 0.4) is 0 Å². The van der Waals surface area contributed by atoms with Crippen molar-refractivity contribution in [2.24, 2.45) is 0 Å². The molecule has 8 aromatic carbocycles. The summed E-state index contributed by atoms with van der Waals surface area (Å²) >= 11 is 0. The van der Waals surface area contributed by atoms with Crippen LogP contribution in [0.15, 0.2) is 206 Å². The van der Waals surface area contributed by atoms with E-state index in [2.05, 4.69) is 219 Å². The maximum Gasteiger partial charge on any atom is 0.0213 e. The third-order valence-electron chi connectivity index (χ3n) is 8.33. The molecule has 51 heavy (non-hydrogen) atoms. The summed E-state index contributed by atoms with van der Waals surface area (Å²) in [6.07, 6.45) is 0. The minimum absolute atomic E-state index is 0. The summed E-state index contributed by atoms with van der Waals surface area (Å²) in [6, 6.07) is 72.8. The first kappa shape index (κ1) is 39.4. The normalized spacial score (nSPS) is 9.92. The molecule has 0 heterocycles. The molecule has 0 saturated heterocycles. The molecule has 0 bridgehead atoms. The Bertz CT molecular complexity index is 1850. The van der Waals surface area contributed by atoms with Crippen LogP contribution in [0.2, 0.25) is 13.1 Å². The van der Waals surface area contributed by atoms with E-state index in [0.717, 1.165) is 9.52 Å². The van der Waals surface area contributed by atoms with Gasteiger partial charge in [-0.25, -0.2) is 0 Å². The van der Waals surface area contributed by atoms with Crippen LogP contribution in [0.5, 0.6) is 0 Å². The molecular formula is C48H42ClSiY-2. The summed E-state index contributed by atoms with van der Waals surface area (Å²) in [6.45, 7) is 4.42. The van der Waals surface area contributed by atoms with Crippen molar-refractivity contribution in [1.29, 1.82) is 0 Å². The van der Waals surface area contributed by atoms with Gasteiger partial charge in [0, 0.05) is 42.2 Å². The van der Waals surface area contributed by atoms with Gasteiger partial charge in [-0.2, -0.15) is 0 Å². The predicted octanol–water partition coefficient (Wildman–Crippen LogP) is 13.8. The van der Waals surface area contributed by atoms with Crippen LogP contribution in [0.1, 0.15) is 0 Å². The number of rotatable bonds is 6. The van der Waals surface area contributed by atoms with Gasteiger partial charge in [-0.15, -0.1) is 70.1 Å². The van der Waals surface area contributed by atoms with Gasteiger partial charge >= 0.3 is 0 Å². The van der Waals surface area contributed by atoms with E-state index in [1.54, 1.807) is 0 Å². The largest absolute Gasteiger partial charge is 0.147 e. The van der Waals surface area contributed by atoms with E-state index < -0.39 is 0 Å². The van der Waals surface area contributed by atoms with E-state index in [0.29, 0.717) is 0 Å². The van der Waals surface area contributed by atoms with Crippen molar-refractivity contribution in [3.63, 3.8) is 0 Å². The smallest absolute Gasteiger partial charge is 0.0213 e. The summed E-state index contributed by atoms with van der Waals surface area (Å²) in [5.74, 6) is 0. The second kappa shape index (κ2) is 20.5. The molecule has 0 fully saturated rings. The van der Waals surface area contributed by atoms with Gasteiger partial charge in [0.25, 0.3) is 0 Å². The second-order valence-electron chi connectivity index (χ2n) is 11.9. The molecule has 8 rings (SSSR count). The standard InChI is InChI=1S/2C23H17.C2H7Si.ClH.Y/c2*1-4-10-18(11-5-1)21-16-22(19-12-6-2-7-13-19)23(17-21)20-14-8-3-9-15-20;1-3-2;;/h2*1-17H;3H,1-2H3;1H;/q2*-1;;;. The van der Waals surface area contributed by atoms with Crippen LogP contribution in [0.4, 0.5) is 0 Å². The predicted molar refractivity (Wildman–Crippen MR) is 223 cm³/mol. The summed E-state index contributed by atoms with van der Waals surface area (Å²) in [7, 11) is 0.750. The molecule has 0 aliphatic heterocycles. The van der Waals surface area contributed by atoms with Crippen molar-refractivity contribution in [3.05, 3.63) is 206 Å². The Kier molecular flexibility index (Phi) is 15.8. The molecule has 0 aromatic heterocycles. The minimum Gasteiger partial charge on any atom is -0.147 e. The molecule has 0 saturated carbocycles. The van der Waals surface area contributed by atoms with Crippen LogP contribution in [-0.4, -0.2) is 9.52 Å². The SMILES string of the molecule is C[SiH]C.Cl.[Y].c1ccc(-c2cc(-c3ccccc3)c(-c3ccccc3)[cH-]2)cc1.c1ccc(-c2cc(-c3ccccc3)c(-c3ccccc3)[cH-]2)cc1. The summed E-state index contributed by atoms with van der Waals surface area (Å²) in [5.41, 5.74) is 15.2. The Labute approximate surface area is 338 Å². The number of benzene rings is 6. The molecule has 0 N–H and O–H groups in total. The molecular weight excluding hydrogens is 729 g/mol. The van der Waals surface area contributed by atoms with Crippen LogP contribution in [-0.2, 0) is 32.7 Å². The monoisotopic (exact) mass is 770 g/mol. The molecule has 3 heteroatoms. The fourth-order valence-electron chi connectivity index (χ4n) is 6.04. The fourth-order valence-corrected chi connectivity index (χ4v) is 6.04. The molecule has 0 aliphatic rings. The van der Waals surface area contributed by atoms with E-state index >= 15 is 0 Å². The van der Waals surface area contributed by atoms with E-state index in [1.165, 1.54) is 66.8 Å². The van der Waals surface area contributed by atoms with Gasteiger partial charge in [0.15, 0.2) is 0 Å². The average molecular weight is 771 g/mol. The fraction of sp³-hybridized carbons (Fsp3) is 0.0417. The number of hydrogen-bond acceptors (Lipinski definition) is 0. The van der Waals surface area contributed by atoms with Gasteiger partial charge in [-0.3, -0.25) is 0 Å². The molecule has 0 nitrogen and oxygen atoms in total. The molecule has 0 unspecified atom stereocenters. The Morgan fingerprint density at radius 1 is 0.333 bits per heavy atom. The zero-order chi connectivity index (χ0) is 33.7. The first-order valence-electron chi connectivity index (χ1n) is 16.9. The Hall–Kier alpha value is -4.37. The molecule has 2 radical (unpaired) electrons. The van der Waals surface area contributed by atoms with Crippen molar-refractivity contribution in [1.82, 2.24) is 0 Å². The zero-order valence-corrected chi connectivity index (χ0v) is 34.0. The average Bonchev–Trinajstić information content (AvgIpc) is 3.84. The van der Waals surface area contributed by atoms with E-state index in [9.17, 15) is 0 Å². The van der Waals surface area contributed by atoms with E-state index in [4.69, 9.17) is 0 Å². The molecule has 0 atom stereocenters. The quantitative estimate of drug-likeness (QED) is 0.117. The van der Waals surface area contributed by atoms with Crippen molar-refractivity contribution in [2.75, 3.05) is 0 Å². The van der Waals surface area contributed by atoms with E-state index in [-0.39, 0.29) is 45.1 Å². The summed E-state index contributed by atoms with van der Waals surface area (Å²) in [4.78, 5) is 0. The van der Waals surface area contributed by atoms with Gasteiger partial charge in [0.1, 0.15) is 0 Å². The Morgan fingerprint density at radius 3 is 0.804 bits per heavy atom. The first-order chi connectivity index (χ1) is 24.2. The minimum atomic E-state index is 0. The van der Waals surface area contributed by atoms with Gasteiger partial charge in [0.05, 0.1) is 0 Å². The topological polar surface area (TPSA) is 0 Å². The van der Waals surface area contributed by atoms with Gasteiger partial charge < -0.3 is 0 Å². The van der Waals surface area contributed by atoms with E-state index in [1.807, 2.05) is 0 Å². The van der Waals surface area contributed by atoms with Crippen molar-refractivity contribution in [2.45, 2.75) is 13.1 Å². The molecule has 0 amide bonds. The van der Waals surface area contributed by atoms with Crippen molar-refractivity contribution >= 4 is 21.9 Å². The maximum absolute atomic E-state index is 2.30. The van der Waals surface area contributed by atoms with Gasteiger partial charge in [-0.05, 0) is 0 Å². The zero-order valence-electron chi connectivity index (χ0n) is 29.2. The van der Waals surface area contributed by atoms with Crippen LogP contribution in [0.25, 0.3) is 66.8 Å². The number of hydrogen-bond donors (Lipinski definition) is 0. The van der Waals surface area contributed by atoms with Gasteiger partial charge in [0.2, 0.25) is 0 Å². The third-order valence-corrected chi connectivity index (χ3v) is 8.33. The van der Waals surface area contributed by atoms with Crippen LogP contribution >= 0.6 is 12.4 Å².